The maximum atomic E-state index is 12.4. The fraction of sp³-hybridized carbons (Fsp3) is 0.533. The van der Waals surface area contributed by atoms with Gasteiger partial charge in [0.2, 0.25) is 0 Å². The molecule has 0 N–H and O–H groups in total. The van der Waals surface area contributed by atoms with Crippen LogP contribution >= 0.6 is 0 Å². The van der Waals surface area contributed by atoms with Gasteiger partial charge in [-0.1, -0.05) is 0 Å². The average molecular weight is 263 g/mol. The monoisotopic (exact) mass is 263 g/mol. The van der Waals surface area contributed by atoms with Crippen LogP contribution in [0.2, 0.25) is 0 Å². The van der Waals surface area contributed by atoms with E-state index < -0.39 is 0 Å². The van der Waals surface area contributed by atoms with Crippen molar-refractivity contribution in [3.63, 3.8) is 0 Å². The molecule has 0 atom stereocenters. The summed E-state index contributed by atoms with van der Waals surface area (Å²) in [6, 6.07) is 5.54. The SMILES string of the molecule is COCc1cc(C(=O)N2CCCCC2)ccc1OC. The van der Waals surface area contributed by atoms with Crippen molar-refractivity contribution >= 4 is 5.91 Å². The van der Waals surface area contributed by atoms with Gasteiger partial charge in [-0.2, -0.15) is 0 Å². The second-order valence-electron chi connectivity index (χ2n) is 4.81. The first-order chi connectivity index (χ1) is 9.26. The molecule has 19 heavy (non-hydrogen) atoms. The van der Waals surface area contributed by atoms with Gasteiger partial charge in [-0.25, -0.2) is 0 Å². The Morgan fingerprint density at radius 1 is 1.21 bits per heavy atom. The first-order valence-corrected chi connectivity index (χ1v) is 6.71. The number of rotatable bonds is 4. The van der Waals surface area contributed by atoms with E-state index in [0.29, 0.717) is 6.61 Å². The van der Waals surface area contributed by atoms with Gasteiger partial charge in [0.25, 0.3) is 5.91 Å². The molecule has 1 aromatic rings. The molecule has 1 saturated heterocycles. The summed E-state index contributed by atoms with van der Waals surface area (Å²) in [7, 11) is 3.26. The molecule has 1 amide bonds. The van der Waals surface area contributed by atoms with Crippen LogP contribution in [0.1, 0.15) is 35.2 Å². The number of carbonyl (C=O) groups excluding carboxylic acids is 1. The third kappa shape index (κ3) is 3.26. The van der Waals surface area contributed by atoms with Crippen molar-refractivity contribution in [3.8, 4) is 5.75 Å². The number of hydrogen-bond acceptors (Lipinski definition) is 3. The fourth-order valence-electron chi connectivity index (χ4n) is 2.46. The summed E-state index contributed by atoms with van der Waals surface area (Å²) in [5, 5.41) is 0. The first kappa shape index (κ1) is 13.9. The van der Waals surface area contributed by atoms with Gasteiger partial charge in [-0.3, -0.25) is 4.79 Å². The van der Waals surface area contributed by atoms with Crippen LogP contribution in [0.5, 0.6) is 5.75 Å². The van der Waals surface area contributed by atoms with Crippen LogP contribution in [0.4, 0.5) is 0 Å². The van der Waals surface area contributed by atoms with Crippen molar-refractivity contribution in [2.75, 3.05) is 27.3 Å². The Balaban J connectivity index is 2.19. The van der Waals surface area contributed by atoms with E-state index in [0.717, 1.165) is 42.8 Å². The van der Waals surface area contributed by atoms with Gasteiger partial charge in [-0.05, 0) is 37.5 Å². The summed E-state index contributed by atoms with van der Waals surface area (Å²) < 4.78 is 10.4. The number of methoxy groups -OCH3 is 2. The van der Waals surface area contributed by atoms with Crippen LogP contribution < -0.4 is 4.74 Å². The average Bonchev–Trinajstić information content (AvgIpc) is 2.47. The summed E-state index contributed by atoms with van der Waals surface area (Å²) in [5.74, 6) is 0.872. The third-order valence-corrected chi connectivity index (χ3v) is 3.47. The normalized spacial score (nSPS) is 15.4. The van der Waals surface area contributed by atoms with E-state index in [1.807, 2.05) is 23.1 Å². The molecule has 4 heteroatoms. The number of amides is 1. The molecule has 0 saturated carbocycles. The highest BCUT2D eigenvalue weighted by Crippen LogP contribution is 2.22. The largest absolute Gasteiger partial charge is 0.496 e. The Labute approximate surface area is 114 Å². The predicted octanol–water partition coefficient (Wildman–Crippen LogP) is 2.47. The smallest absolute Gasteiger partial charge is 0.253 e. The van der Waals surface area contributed by atoms with Crippen LogP contribution in [-0.2, 0) is 11.3 Å². The summed E-state index contributed by atoms with van der Waals surface area (Å²) in [5.41, 5.74) is 1.63. The van der Waals surface area contributed by atoms with E-state index >= 15 is 0 Å². The van der Waals surface area contributed by atoms with Crippen molar-refractivity contribution in [3.05, 3.63) is 29.3 Å². The lowest BCUT2D eigenvalue weighted by Crippen LogP contribution is -2.35. The number of ether oxygens (including phenoxy) is 2. The number of benzene rings is 1. The van der Waals surface area contributed by atoms with E-state index in [-0.39, 0.29) is 5.91 Å². The zero-order valence-corrected chi connectivity index (χ0v) is 11.6. The summed E-state index contributed by atoms with van der Waals surface area (Å²) in [6.07, 6.45) is 3.43. The molecule has 1 aliphatic rings. The number of nitrogens with zero attached hydrogens (tertiary/aromatic N) is 1. The molecule has 1 aromatic carbocycles. The van der Waals surface area contributed by atoms with Gasteiger partial charge >= 0.3 is 0 Å². The van der Waals surface area contributed by atoms with Gasteiger partial charge in [-0.15, -0.1) is 0 Å². The molecule has 0 bridgehead atoms. The predicted molar refractivity (Wildman–Crippen MR) is 73.5 cm³/mol. The third-order valence-electron chi connectivity index (χ3n) is 3.47. The highest BCUT2D eigenvalue weighted by molar-refractivity contribution is 5.94. The van der Waals surface area contributed by atoms with E-state index in [1.54, 1.807) is 14.2 Å². The Morgan fingerprint density at radius 2 is 1.95 bits per heavy atom. The number of carbonyl (C=O) groups is 1. The molecule has 104 valence electrons. The molecule has 2 rings (SSSR count). The van der Waals surface area contributed by atoms with Crippen molar-refractivity contribution in [2.45, 2.75) is 25.9 Å². The quantitative estimate of drug-likeness (QED) is 0.837. The zero-order chi connectivity index (χ0) is 13.7. The van der Waals surface area contributed by atoms with Crippen molar-refractivity contribution in [1.82, 2.24) is 4.90 Å². The molecule has 0 unspecified atom stereocenters. The van der Waals surface area contributed by atoms with Crippen LogP contribution in [0.3, 0.4) is 0 Å². The summed E-state index contributed by atoms with van der Waals surface area (Å²) in [6.45, 7) is 2.18. The number of hydrogen-bond donors (Lipinski definition) is 0. The molecule has 1 heterocycles. The maximum absolute atomic E-state index is 12.4. The van der Waals surface area contributed by atoms with Gasteiger partial charge < -0.3 is 14.4 Å². The lowest BCUT2D eigenvalue weighted by molar-refractivity contribution is 0.0724. The molecule has 0 radical (unpaired) electrons. The Kier molecular flexibility index (Phi) is 4.80. The lowest BCUT2D eigenvalue weighted by atomic mass is 10.1. The van der Waals surface area contributed by atoms with E-state index in [1.165, 1.54) is 6.42 Å². The number of likely N-dealkylation sites (tertiary alicyclic amines) is 1. The first-order valence-electron chi connectivity index (χ1n) is 6.71. The van der Waals surface area contributed by atoms with Gasteiger partial charge in [0.05, 0.1) is 13.7 Å². The van der Waals surface area contributed by atoms with Gasteiger partial charge in [0.15, 0.2) is 0 Å². The van der Waals surface area contributed by atoms with Gasteiger partial charge in [0.1, 0.15) is 5.75 Å². The fourth-order valence-corrected chi connectivity index (χ4v) is 2.46. The Morgan fingerprint density at radius 3 is 2.58 bits per heavy atom. The minimum atomic E-state index is 0.111. The highest BCUT2D eigenvalue weighted by Gasteiger charge is 2.19. The molecule has 1 aliphatic heterocycles. The second-order valence-corrected chi connectivity index (χ2v) is 4.81. The minimum absolute atomic E-state index is 0.111. The summed E-state index contributed by atoms with van der Waals surface area (Å²) >= 11 is 0. The molecule has 4 nitrogen and oxygen atoms in total. The lowest BCUT2D eigenvalue weighted by Gasteiger charge is -2.27. The van der Waals surface area contributed by atoms with Crippen LogP contribution in [0.25, 0.3) is 0 Å². The highest BCUT2D eigenvalue weighted by atomic mass is 16.5. The second kappa shape index (κ2) is 6.57. The molecule has 0 aromatic heterocycles. The van der Waals surface area contributed by atoms with Gasteiger partial charge in [0, 0.05) is 31.3 Å². The molecular formula is C15H21NO3. The topological polar surface area (TPSA) is 38.8 Å². The molecule has 1 fully saturated rings. The van der Waals surface area contributed by atoms with Crippen molar-refractivity contribution in [1.29, 1.82) is 0 Å². The van der Waals surface area contributed by atoms with Crippen LogP contribution in [0.15, 0.2) is 18.2 Å². The van der Waals surface area contributed by atoms with Crippen molar-refractivity contribution in [2.24, 2.45) is 0 Å². The maximum Gasteiger partial charge on any atom is 0.253 e. The molecular weight excluding hydrogens is 242 g/mol. The van der Waals surface area contributed by atoms with Crippen molar-refractivity contribution < 1.29 is 14.3 Å². The number of piperidine rings is 1. The molecule has 0 aliphatic carbocycles. The molecule has 0 spiro atoms. The van der Waals surface area contributed by atoms with E-state index in [9.17, 15) is 4.79 Å². The van der Waals surface area contributed by atoms with Crippen LogP contribution in [-0.4, -0.2) is 38.1 Å². The summed E-state index contributed by atoms with van der Waals surface area (Å²) in [4.78, 5) is 14.3. The zero-order valence-electron chi connectivity index (χ0n) is 11.6. The van der Waals surface area contributed by atoms with Crippen LogP contribution in [0, 0.1) is 0 Å². The minimum Gasteiger partial charge on any atom is -0.496 e. The Bertz CT molecular complexity index is 439. The standard InChI is InChI=1S/C15H21NO3/c1-18-11-13-10-12(6-7-14(13)19-2)15(17)16-8-4-3-5-9-16/h6-7,10H,3-5,8-9,11H2,1-2H3. The van der Waals surface area contributed by atoms with E-state index in [2.05, 4.69) is 0 Å². The van der Waals surface area contributed by atoms with E-state index in [4.69, 9.17) is 9.47 Å². The Hall–Kier alpha value is -1.55.